The summed E-state index contributed by atoms with van der Waals surface area (Å²) >= 11 is 0. The van der Waals surface area contributed by atoms with Gasteiger partial charge in [-0.15, -0.1) is 0 Å². The third-order valence-corrected chi connectivity index (χ3v) is 3.18. The fourth-order valence-electron chi connectivity index (χ4n) is 2.05. The molecule has 0 atom stereocenters. The van der Waals surface area contributed by atoms with E-state index in [9.17, 15) is 0 Å². The maximum atomic E-state index is 5.63. The van der Waals surface area contributed by atoms with Crippen molar-refractivity contribution in [3.8, 4) is 5.75 Å². The zero-order chi connectivity index (χ0) is 14.4. The van der Waals surface area contributed by atoms with Gasteiger partial charge in [-0.3, -0.25) is 4.98 Å². The largest absolute Gasteiger partial charge is 0.497 e. The third kappa shape index (κ3) is 4.24. The Hall–Kier alpha value is -2.07. The summed E-state index contributed by atoms with van der Waals surface area (Å²) in [5.41, 5.74) is 8.65. The maximum Gasteiger partial charge on any atom is 0.119 e. The van der Waals surface area contributed by atoms with Gasteiger partial charge in [0.15, 0.2) is 0 Å². The van der Waals surface area contributed by atoms with Gasteiger partial charge in [0.1, 0.15) is 5.75 Å². The topological polar surface area (TPSA) is 51.4 Å². The van der Waals surface area contributed by atoms with E-state index in [0.717, 1.165) is 31.0 Å². The lowest BCUT2D eigenvalue weighted by molar-refractivity contribution is 0.329. The SMILES string of the molecule is COc1cccc(CN(C)CCc2ccc(N)cn2)c1. The summed E-state index contributed by atoms with van der Waals surface area (Å²) in [5.74, 6) is 0.899. The molecular formula is C16H21N3O. The fourth-order valence-corrected chi connectivity index (χ4v) is 2.05. The number of hydrogen-bond donors (Lipinski definition) is 1. The Kier molecular flexibility index (Phi) is 4.96. The second-order valence-electron chi connectivity index (χ2n) is 4.92. The molecular weight excluding hydrogens is 250 g/mol. The van der Waals surface area contributed by atoms with E-state index in [4.69, 9.17) is 10.5 Å². The maximum absolute atomic E-state index is 5.63. The van der Waals surface area contributed by atoms with Gasteiger partial charge in [-0.05, 0) is 36.9 Å². The van der Waals surface area contributed by atoms with Crippen LogP contribution in [0.25, 0.3) is 0 Å². The van der Waals surface area contributed by atoms with Crippen molar-refractivity contribution < 1.29 is 4.74 Å². The van der Waals surface area contributed by atoms with Crippen molar-refractivity contribution in [2.24, 2.45) is 0 Å². The van der Waals surface area contributed by atoms with Gasteiger partial charge in [-0.25, -0.2) is 0 Å². The summed E-state index contributed by atoms with van der Waals surface area (Å²) in [4.78, 5) is 6.58. The summed E-state index contributed by atoms with van der Waals surface area (Å²) in [5, 5.41) is 0. The molecule has 0 aliphatic rings. The van der Waals surface area contributed by atoms with E-state index in [1.54, 1.807) is 13.3 Å². The molecule has 0 radical (unpaired) electrons. The second kappa shape index (κ2) is 6.91. The van der Waals surface area contributed by atoms with Crippen molar-refractivity contribution in [3.63, 3.8) is 0 Å². The molecule has 0 unspecified atom stereocenters. The Morgan fingerprint density at radius 3 is 2.80 bits per heavy atom. The molecule has 1 aromatic carbocycles. The molecule has 4 nitrogen and oxygen atoms in total. The zero-order valence-corrected chi connectivity index (χ0v) is 12.0. The molecule has 0 saturated heterocycles. The molecule has 2 N–H and O–H groups in total. The predicted octanol–water partition coefficient (Wildman–Crippen LogP) is 2.35. The Morgan fingerprint density at radius 2 is 2.10 bits per heavy atom. The summed E-state index contributed by atoms with van der Waals surface area (Å²) in [6.45, 7) is 1.85. The van der Waals surface area contributed by atoms with Gasteiger partial charge in [-0.2, -0.15) is 0 Å². The summed E-state index contributed by atoms with van der Waals surface area (Å²) in [6.07, 6.45) is 2.62. The minimum Gasteiger partial charge on any atom is -0.497 e. The first-order valence-corrected chi connectivity index (χ1v) is 6.69. The molecule has 1 heterocycles. The number of benzene rings is 1. The predicted molar refractivity (Wildman–Crippen MR) is 81.7 cm³/mol. The van der Waals surface area contributed by atoms with E-state index in [-0.39, 0.29) is 0 Å². The highest BCUT2D eigenvalue weighted by Crippen LogP contribution is 2.14. The lowest BCUT2D eigenvalue weighted by Crippen LogP contribution is -2.21. The third-order valence-electron chi connectivity index (χ3n) is 3.18. The molecule has 2 aromatic rings. The quantitative estimate of drug-likeness (QED) is 0.876. The van der Waals surface area contributed by atoms with Crippen LogP contribution in [0.1, 0.15) is 11.3 Å². The van der Waals surface area contributed by atoms with Crippen molar-refractivity contribution in [2.45, 2.75) is 13.0 Å². The molecule has 106 valence electrons. The zero-order valence-electron chi connectivity index (χ0n) is 12.0. The molecule has 4 heteroatoms. The number of anilines is 1. The number of ether oxygens (including phenoxy) is 1. The molecule has 20 heavy (non-hydrogen) atoms. The van der Waals surface area contributed by atoms with Crippen LogP contribution >= 0.6 is 0 Å². The number of pyridine rings is 1. The summed E-state index contributed by atoms with van der Waals surface area (Å²) < 4.78 is 5.24. The van der Waals surface area contributed by atoms with Crippen LogP contribution in [-0.4, -0.2) is 30.6 Å². The molecule has 0 fully saturated rings. The molecule has 0 saturated carbocycles. The average Bonchev–Trinajstić information content (AvgIpc) is 2.47. The molecule has 2 rings (SSSR count). The Balaban J connectivity index is 1.85. The fraction of sp³-hybridized carbons (Fsp3) is 0.312. The number of rotatable bonds is 6. The molecule has 1 aromatic heterocycles. The van der Waals surface area contributed by atoms with Crippen LogP contribution in [0, 0.1) is 0 Å². The van der Waals surface area contributed by atoms with E-state index in [1.165, 1.54) is 5.56 Å². The van der Waals surface area contributed by atoms with Crippen molar-refractivity contribution in [1.29, 1.82) is 0 Å². The minimum atomic E-state index is 0.707. The molecule has 0 amide bonds. The Morgan fingerprint density at radius 1 is 1.25 bits per heavy atom. The number of hydrogen-bond acceptors (Lipinski definition) is 4. The van der Waals surface area contributed by atoms with Gasteiger partial charge < -0.3 is 15.4 Å². The van der Waals surface area contributed by atoms with Crippen LogP contribution in [-0.2, 0) is 13.0 Å². The van der Waals surface area contributed by atoms with Gasteiger partial charge in [0.25, 0.3) is 0 Å². The summed E-state index contributed by atoms with van der Waals surface area (Å²) in [7, 11) is 3.80. The molecule has 0 spiro atoms. The standard InChI is InChI=1S/C16H21N3O/c1-19(9-8-15-7-6-14(17)11-18-15)12-13-4-3-5-16(10-13)20-2/h3-7,10-11H,8-9,12,17H2,1-2H3. The van der Waals surface area contributed by atoms with Crippen LogP contribution in [0.4, 0.5) is 5.69 Å². The van der Waals surface area contributed by atoms with E-state index in [0.29, 0.717) is 5.69 Å². The minimum absolute atomic E-state index is 0.707. The van der Waals surface area contributed by atoms with Gasteiger partial charge in [0.2, 0.25) is 0 Å². The highest BCUT2D eigenvalue weighted by Gasteiger charge is 2.03. The van der Waals surface area contributed by atoms with E-state index in [2.05, 4.69) is 29.1 Å². The van der Waals surface area contributed by atoms with E-state index in [1.807, 2.05) is 24.3 Å². The van der Waals surface area contributed by atoms with Gasteiger partial charge in [0, 0.05) is 25.2 Å². The number of likely N-dealkylation sites (N-methyl/N-ethyl adjacent to an activating group) is 1. The van der Waals surface area contributed by atoms with Gasteiger partial charge >= 0.3 is 0 Å². The number of nitrogen functional groups attached to an aromatic ring is 1. The van der Waals surface area contributed by atoms with Gasteiger partial charge in [-0.1, -0.05) is 12.1 Å². The average molecular weight is 271 g/mol. The van der Waals surface area contributed by atoms with Crippen molar-refractivity contribution in [1.82, 2.24) is 9.88 Å². The first-order chi connectivity index (χ1) is 9.67. The molecule has 0 aliphatic heterocycles. The van der Waals surface area contributed by atoms with Crippen LogP contribution in [0.15, 0.2) is 42.6 Å². The molecule has 0 aliphatic carbocycles. The van der Waals surface area contributed by atoms with Crippen molar-refractivity contribution in [3.05, 3.63) is 53.9 Å². The van der Waals surface area contributed by atoms with Gasteiger partial charge in [0.05, 0.1) is 19.0 Å². The number of nitrogens with zero attached hydrogens (tertiary/aromatic N) is 2. The van der Waals surface area contributed by atoms with Crippen LogP contribution < -0.4 is 10.5 Å². The van der Waals surface area contributed by atoms with E-state index < -0.39 is 0 Å². The number of nitrogens with two attached hydrogens (primary N) is 1. The first kappa shape index (κ1) is 14.3. The van der Waals surface area contributed by atoms with Crippen molar-refractivity contribution in [2.75, 3.05) is 26.4 Å². The summed E-state index contributed by atoms with van der Waals surface area (Å²) in [6, 6.07) is 12.0. The Bertz CT molecular complexity index is 540. The lowest BCUT2D eigenvalue weighted by atomic mass is 10.2. The van der Waals surface area contributed by atoms with Crippen LogP contribution in [0.5, 0.6) is 5.75 Å². The lowest BCUT2D eigenvalue weighted by Gasteiger charge is -2.16. The normalized spacial score (nSPS) is 10.8. The highest BCUT2D eigenvalue weighted by atomic mass is 16.5. The second-order valence-corrected chi connectivity index (χ2v) is 4.92. The number of methoxy groups -OCH3 is 1. The highest BCUT2D eigenvalue weighted by molar-refractivity contribution is 5.34. The smallest absolute Gasteiger partial charge is 0.119 e. The van der Waals surface area contributed by atoms with Crippen LogP contribution in [0.2, 0.25) is 0 Å². The Labute approximate surface area is 120 Å². The molecule has 0 bridgehead atoms. The number of aromatic nitrogens is 1. The monoisotopic (exact) mass is 271 g/mol. The van der Waals surface area contributed by atoms with Crippen LogP contribution in [0.3, 0.4) is 0 Å². The van der Waals surface area contributed by atoms with Crippen molar-refractivity contribution >= 4 is 5.69 Å². The first-order valence-electron chi connectivity index (χ1n) is 6.69. The van der Waals surface area contributed by atoms with E-state index >= 15 is 0 Å².